The van der Waals surface area contributed by atoms with Crippen molar-refractivity contribution >= 4 is 33.5 Å². The maximum absolute atomic E-state index is 15.1. The SMILES string of the molecule is CCc1cc(OCc2ccccc2)c(F)cc1-c1ccc2c(I)nn(C3CCCCO3)c2c1. The van der Waals surface area contributed by atoms with Gasteiger partial charge in [0.1, 0.15) is 10.3 Å². The van der Waals surface area contributed by atoms with Crippen LogP contribution >= 0.6 is 22.6 Å². The standard InChI is InChI=1S/C27H26FIN2O2/c1-2-19-15-25(33-17-18-8-4-3-5-9-18)23(28)16-22(19)20-11-12-21-24(14-20)31(30-27(21)29)26-10-6-7-13-32-26/h3-5,8-9,11-12,14-16,26H,2,6-7,10,13,17H2,1H3. The second kappa shape index (κ2) is 9.81. The van der Waals surface area contributed by atoms with Crippen molar-refractivity contribution < 1.29 is 13.9 Å². The summed E-state index contributed by atoms with van der Waals surface area (Å²) in [5.41, 5.74) is 4.94. The molecule has 0 amide bonds. The molecule has 1 aliphatic heterocycles. The summed E-state index contributed by atoms with van der Waals surface area (Å²) < 4.78 is 29.8. The summed E-state index contributed by atoms with van der Waals surface area (Å²) in [6, 6.07) is 19.5. The van der Waals surface area contributed by atoms with E-state index in [4.69, 9.17) is 14.6 Å². The first-order chi connectivity index (χ1) is 16.1. The van der Waals surface area contributed by atoms with Crippen molar-refractivity contribution in [3.8, 4) is 16.9 Å². The average molecular weight is 556 g/mol. The lowest BCUT2D eigenvalue weighted by Gasteiger charge is -2.23. The fraction of sp³-hybridized carbons (Fsp3) is 0.296. The number of hydrogen-bond donors (Lipinski definition) is 0. The van der Waals surface area contributed by atoms with E-state index < -0.39 is 0 Å². The highest BCUT2D eigenvalue weighted by Crippen LogP contribution is 2.35. The summed E-state index contributed by atoms with van der Waals surface area (Å²) in [5.74, 6) is -0.0624. The van der Waals surface area contributed by atoms with E-state index in [0.717, 1.165) is 69.1 Å². The Labute approximate surface area is 206 Å². The van der Waals surface area contributed by atoms with Crippen LogP contribution < -0.4 is 4.74 Å². The molecule has 2 heterocycles. The molecule has 5 rings (SSSR count). The van der Waals surface area contributed by atoms with Crippen LogP contribution in [0, 0.1) is 9.52 Å². The molecule has 0 bridgehead atoms. The van der Waals surface area contributed by atoms with Gasteiger partial charge in [-0.1, -0.05) is 43.3 Å². The predicted octanol–water partition coefficient (Wildman–Crippen LogP) is 7.29. The highest BCUT2D eigenvalue weighted by molar-refractivity contribution is 14.1. The van der Waals surface area contributed by atoms with Crippen LogP contribution in [0.25, 0.3) is 22.0 Å². The van der Waals surface area contributed by atoms with E-state index in [1.54, 1.807) is 6.07 Å². The van der Waals surface area contributed by atoms with Crippen LogP contribution in [0.1, 0.15) is 43.5 Å². The minimum atomic E-state index is -0.350. The van der Waals surface area contributed by atoms with Crippen LogP contribution in [0.15, 0.2) is 60.7 Å². The molecule has 1 atom stereocenters. The van der Waals surface area contributed by atoms with E-state index in [-0.39, 0.29) is 17.8 Å². The molecule has 4 nitrogen and oxygen atoms in total. The van der Waals surface area contributed by atoms with Crippen molar-refractivity contribution in [3.63, 3.8) is 0 Å². The number of aromatic nitrogens is 2. The summed E-state index contributed by atoms with van der Waals surface area (Å²) in [6.07, 6.45) is 3.92. The van der Waals surface area contributed by atoms with Gasteiger partial charge in [0.2, 0.25) is 0 Å². The molecule has 1 aliphatic rings. The second-order valence-electron chi connectivity index (χ2n) is 8.36. The van der Waals surface area contributed by atoms with E-state index in [0.29, 0.717) is 6.61 Å². The normalized spacial score (nSPS) is 16.3. The van der Waals surface area contributed by atoms with Gasteiger partial charge < -0.3 is 9.47 Å². The van der Waals surface area contributed by atoms with Gasteiger partial charge in [-0.25, -0.2) is 9.07 Å². The maximum Gasteiger partial charge on any atom is 0.165 e. The van der Waals surface area contributed by atoms with Crippen molar-refractivity contribution in [2.24, 2.45) is 0 Å². The monoisotopic (exact) mass is 556 g/mol. The lowest BCUT2D eigenvalue weighted by Crippen LogP contribution is -2.19. The van der Waals surface area contributed by atoms with Crippen molar-refractivity contribution in [1.82, 2.24) is 9.78 Å². The summed E-state index contributed by atoms with van der Waals surface area (Å²) in [4.78, 5) is 0. The van der Waals surface area contributed by atoms with Gasteiger partial charge >= 0.3 is 0 Å². The molecule has 1 aromatic heterocycles. The highest BCUT2D eigenvalue weighted by Gasteiger charge is 2.21. The summed E-state index contributed by atoms with van der Waals surface area (Å²) in [7, 11) is 0. The molecule has 6 heteroatoms. The predicted molar refractivity (Wildman–Crippen MR) is 137 cm³/mol. The Balaban J connectivity index is 1.50. The van der Waals surface area contributed by atoms with Gasteiger partial charge in [-0.3, -0.25) is 0 Å². The number of fused-ring (bicyclic) bond motifs is 1. The van der Waals surface area contributed by atoms with Gasteiger partial charge in [-0.15, -0.1) is 0 Å². The second-order valence-corrected chi connectivity index (χ2v) is 9.38. The third-order valence-electron chi connectivity index (χ3n) is 6.18. The minimum absolute atomic E-state index is 0.0452. The zero-order valence-corrected chi connectivity index (χ0v) is 20.7. The molecule has 0 aliphatic carbocycles. The van der Waals surface area contributed by atoms with Crippen LogP contribution in [0.4, 0.5) is 4.39 Å². The van der Waals surface area contributed by atoms with Crippen LogP contribution in [0.5, 0.6) is 5.75 Å². The fourth-order valence-electron chi connectivity index (χ4n) is 4.40. The summed E-state index contributed by atoms with van der Waals surface area (Å²) >= 11 is 2.28. The van der Waals surface area contributed by atoms with Gasteiger partial charge in [-0.05, 0) is 94.8 Å². The summed E-state index contributed by atoms with van der Waals surface area (Å²) in [5, 5.41) is 5.85. The fourth-order valence-corrected chi connectivity index (χ4v) is 5.09. The largest absolute Gasteiger partial charge is 0.486 e. The Hall–Kier alpha value is -2.45. The number of aryl methyl sites for hydroxylation is 1. The first-order valence-electron chi connectivity index (χ1n) is 11.4. The highest BCUT2D eigenvalue weighted by atomic mass is 127. The molecule has 0 saturated carbocycles. The van der Waals surface area contributed by atoms with Crippen molar-refractivity contribution in [3.05, 3.63) is 81.3 Å². The maximum atomic E-state index is 15.1. The van der Waals surface area contributed by atoms with E-state index in [9.17, 15) is 0 Å². The molecule has 33 heavy (non-hydrogen) atoms. The zero-order chi connectivity index (χ0) is 22.8. The van der Waals surface area contributed by atoms with Crippen molar-refractivity contribution in [2.75, 3.05) is 6.61 Å². The third kappa shape index (κ3) is 4.64. The lowest BCUT2D eigenvalue weighted by molar-refractivity contribution is -0.0368. The molecular formula is C27H26FIN2O2. The molecule has 1 unspecified atom stereocenters. The topological polar surface area (TPSA) is 36.3 Å². The van der Waals surface area contributed by atoms with E-state index in [1.807, 2.05) is 41.1 Å². The van der Waals surface area contributed by atoms with Crippen molar-refractivity contribution in [1.29, 1.82) is 0 Å². The van der Waals surface area contributed by atoms with Crippen LogP contribution in [-0.2, 0) is 17.8 Å². The van der Waals surface area contributed by atoms with Gasteiger partial charge in [0.05, 0.1) is 5.52 Å². The Morgan fingerprint density at radius 1 is 1.12 bits per heavy atom. The van der Waals surface area contributed by atoms with Crippen LogP contribution in [0.2, 0.25) is 0 Å². The number of nitrogens with zero attached hydrogens (tertiary/aromatic N) is 2. The summed E-state index contributed by atoms with van der Waals surface area (Å²) in [6.45, 7) is 3.18. The molecular weight excluding hydrogens is 530 g/mol. The molecule has 0 N–H and O–H groups in total. The molecule has 0 spiro atoms. The molecule has 1 saturated heterocycles. The number of hydrogen-bond acceptors (Lipinski definition) is 3. The van der Waals surface area contributed by atoms with E-state index in [1.165, 1.54) is 0 Å². The lowest BCUT2D eigenvalue weighted by atomic mass is 9.96. The van der Waals surface area contributed by atoms with Gasteiger partial charge in [0, 0.05) is 12.0 Å². The van der Waals surface area contributed by atoms with Crippen molar-refractivity contribution in [2.45, 2.75) is 45.4 Å². The molecule has 4 aromatic rings. The number of rotatable bonds is 6. The Morgan fingerprint density at radius 2 is 1.97 bits per heavy atom. The number of benzene rings is 3. The van der Waals surface area contributed by atoms with Crippen LogP contribution in [-0.4, -0.2) is 16.4 Å². The molecule has 170 valence electrons. The average Bonchev–Trinajstić information content (AvgIpc) is 3.20. The molecule has 1 fully saturated rings. The van der Waals surface area contributed by atoms with E-state index in [2.05, 4.69) is 47.7 Å². The quantitative estimate of drug-likeness (QED) is 0.234. The van der Waals surface area contributed by atoms with E-state index >= 15 is 4.39 Å². The Bertz CT molecular complexity index is 1270. The Kier molecular flexibility index (Phi) is 6.64. The first-order valence-corrected chi connectivity index (χ1v) is 12.5. The minimum Gasteiger partial charge on any atom is -0.486 e. The van der Waals surface area contributed by atoms with Crippen LogP contribution in [0.3, 0.4) is 0 Å². The molecule has 3 aromatic carbocycles. The number of halogens is 2. The van der Waals surface area contributed by atoms with Gasteiger partial charge in [0.25, 0.3) is 0 Å². The Morgan fingerprint density at radius 3 is 2.73 bits per heavy atom. The number of ether oxygens (including phenoxy) is 2. The van der Waals surface area contributed by atoms with Gasteiger partial charge in [-0.2, -0.15) is 5.10 Å². The smallest absolute Gasteiger partial charge is 0.165 e. The molecule has 0 radical (unpaired) electrons. The first kappa shape index (κ1) is 22.3. The zero-order valence-electron chi connectivity index (χ0n) is 18.6. The third-order valence-corrected chi connectivity index (χ3v) is 6.97. The van der Waals surface area contributed by atoms with Gasteiger partial charge in [0.15, 0.2) is 17.8 Å².